The summed E-state index contributed by atoms with van der Waals surface area (Å²) >= 11 is 1.40. The van der Waals surface area contributed by atoms with Crippen molar-refractivity contribution in [2.45, 2.75) is 15.8 Å². The van der Waals surface area contributed by atoms with Gasteiger partial charge in [-0.2, -0.15) is 4.31 Å². The molecule has 1 aliphatic rings. The first-order valence-electron chi connectivity index (χ1n) is 7.65. The molecule has 3 rings (SSSR count). The Hall–Kier alpha value is -1.12. The summed E-state index contributed by atoms with van der Waals surface area (Å²) in [6.45, 7) is 1.39. The zero-order chi connectivity index (χ0) is 17.2. The van der Waals surface area contributed by atoms with Gasteiger partial charge in [0.2, 0.25) is 10.0 Å². The largest absolute Gasteiger partial charge is 0.313 e. The van der Waals surface area contributed by atoms with Crippen LogP contribution in [0.3, 0.4) is 0 Å². The van der Waals surface area contributed by atoms with Crippen LogP contribution in [0.1, 0.15) is 11.6 Å². The molecule has 4 nitrogen and oxygen atoms in total. The third-order valence-electron chi connectivity index (χ3n) is 4.08. The molecule has 0 saturated carbocycles. The summed E-state index contributed by atoms with van der Waals surface area (Å²) in [5.41, 5.74) is 0.660. The van der Waals surface area contributed by atoms with E-state index >= 15 is 0 Å². The molecule has 1 unspecified atom stereocenters. The van der Waals surface area contributed by atoms with Crippen molar-refractivity contribution in [1.29, 1.82) is 0 Å². The van der Waals surface area contributed by atoms with E-state index in [-0.39, 0.29) is 18.2 Å². The third-order valence-corrected chi connectivity index (χ3v) is 6.97. The summed E-state index contributed by atoms with van der Waals surface area (Å²) < 4.78 is 41.5. The topological polar surface area (TPSA) is 49.4 Å². The number of halogens is 2. The molecule has 0 aromatic heterocycles. The molecule has 0 bridgehead atoms. The average molecular weight is 403 g/mol. The predicted octanol–water partition coefficient (Wildman–Crippen LogP) is 3.30. The number of hydrogen-bond donors (Lipinski definition) is 1. The van der Waals surface area contributed by atoms with Gasteiger partial charge in [-0.3, -0.25) is 0 Å². The van der Waals surface area contributed by atoms with Crippen LogP contribution < -0.4 is 5.32 Å². The van der Waals surface area contributed by atoms with Gasteiger partial charge in [-0.15, -0.1) is 24.2 Å². The van der Waals surface area contributed by atoms with Crippen LogP contribution in [0.15, 0.2) is 58.3 Å². The van der Waals surface area contributed by atoms with Gasteiger partial charge < -0.3 is 5.32 Å². The van der Waals surface area contributed by atoms with E-state index in [1.54, 1.807) is 30.3 Å². The number of nitrogens with zero attached hydrogens (tertiary/aromatic N) is 1. The zero-order valence-corrected chi connectivity index (χ0v) is 16.1. The first-order valence-corrected chi connectivity index (χ1v) is 10.3. The minimum absolute atomic E-state index is 0. The Kier molecular flexibility index (Phi) is 6.87. The number of thioether (sulfide) groups is 1. The predicted molar refractivity (Wildman–Crippen MR) is 101 cm³/mol. The Morgan fingerprint density at radius 1 is 1.20 bits per heavy atom. The van der Waals surface area contributed by atoms with Crippen molar-refractivity contribution in [2.24, 2.45) is 0 Å². The quantitative estimate of drug-likeness (QED) is 0.797. The standard InChI is InChI=1S/C17H19FN2O2S2.ClH/c1-23-16-7-2-3-8-17(16)24(21,22)20-10-9-19-12-15(20)13-5-4-6-14(18)11-13;/h2-8,11,15,19H,9-10,12H2,1H3;1H. The highest BCUT2D eigenvalue weighted by molar-refractivity contribution is 7.99. The van der Waals surface area contributed by atoms with Crippen LogP contribution in [-0.2, 0) is 10.0 Å². The molecule has 25 heavy (non-hydrogen) atoms. The smallest absolute Gasteiger partial charge is 0.244 e. The number of nitrogens with one attached hydrogen (secondary N) is 1. The third kappa shape index (κ3) is 4.17. The van der Waals surface area contributed by atoms with Crippen LogP contribution >= 0.6 is 24.2 Å². The number of benzene rings is 2. The van der Waals surface area contributed by atoms with Gasteiger partial charge in [0.25, 0.3) is 0 Å². The Morgan fingerprint density at radius 3 is 2.68 bits per heavy atom. The molecule has 1 atom stereocenters. The van der Waals surface area contributed by atoms with E-state index < -0.39 is 16.1 Å². The first-order chi connectivity index (χ1) is 11.5. The Labute approximate surface area is 158 Å². The lowest BCUT2D eigenvalue weighted by Crippen LogP contribution is -2.48. The SMILES string of the molecule is CSc1ccccc1S(=O)(=O)N1CCNCC1c1cccc(F)c1.Cl. The highest BCUT2D eigenvalue weighted by Crippen LogP contribution is 2.33. The molecule has 1 heterocycles. The van der Waals surface area contributed by atoms with Crippen molar-refractivity contribution in [3.05, 3.63) is 59.9 Å². The second-order valence-corrected chi connectivity index (χ2v) is 8.25. The first kappa shape index (κ1) is 20.2. The summed E-state index contributed by atoms with van der Waals surface area (Å²) in [6.07, 6.45) is 1.86. The molecule has 1 fully saturated rings. The molecule has 2 aromatic rings. The van der Waals surface area contributed by atoms with Crippen LogP contribution in [0.2, 0.25) is 0 Å². The lowest BCUT2D eigenvalue weighted by molar-refractivity contribution is 0.270. The molecule has 0 radical (unpaired) electrons. The van der Waals surface area contributed by atoms with Gasteiger partial charge >= 0.3 is 0 Å². The van der Waals surface area contributed by atoms with E-state index in [1.807, 2.05) is 12.3 Å². The summed E-state index contributed by atoms with van der Waals surface area (Å²) in [4.78, 5) is 1.02. The van der Waals surface area contributed by atoms with Crippen molar-refractivity contribution in [1.82, 2.24) is 9.62 Å². The molecule has 0 amide bonds. The molecule has 1 saturated heterocycles. The fourth-order valence-corrected chi connectivity index (χ4v) is 5.67. The van der Waals surface area contributed by atoms with E-state index in [0.717, 1.165) is 0 Å². The molecule has 1 N–H and O–H groups in total. The number of sulfonamides is 1. The van der Waals surface area contributed by atoms with Crippen molar-refractivity contribution in [3.63, 3.8) is 0 Å². The number of hydrogen-bond acceptors (Lipinski definition) is 4. The van der Waals surface area contributed by atoms with Crippen LogP contribution in [0.5, 0.6) is 0 Å². The number of piperazine rings is 1. The molecule has 0 aliphatic carbocycles. The van der Waals surface area contributed by atoms with Crippen LogP contribution in [0, 0.1) is 5.82 Å². The van der Waals surface area contributed by atoms with Gasteiger partial charge in [-0.1, -0.05) is 24.3 Å². The van der Waals surface area contributed by atoms with Gasteiger partial charge in [0.15, 0.2) is 0 Å². The van der Waals surface area contributed by atoms with Gasteiger partial charge in [-0.05, 0) is 36.1 Å². The zero-order valence-electron chi connectivity index (χ0n) is 13.7. The maximum Gasteiger partial charge on any atom is 0.244 e. The summed E-state index contributed by atoms with van der Waals surface area (Å²) in [7, 11) is -3.66. The van der Waals surface area contributed by atoms with E-state index in [1.165, 1.54) is 28.2 Å². The van der Waals surface area contributed by atoms with Crippen molar-refractivity contribution < 1.29 is 12.8 Å². The van der Waals surface area contributed by atoms with E-state index in [0.29, 0.717) is 35.0 Å². The van der Waals surface area contributed by atoms with E-state index in [9.17, 15) is 12.8 Å². The van der Waals surface area contributed by atoms with Crippen molar-refractivity contribution >= 4 is 34.2 Å². The van der Waals surface area contributed by atoms with Crippen LogP contribution in [-0.4, -0.2) is 38.6 Å². The summed E-state index contributed by atoms with van der Waals surface area (Å²) in [5, 5.41) is 3.20. The van der Waals surface area contributed by atoms with Crippen molar-refractivity contribution in [3.8, 4) is 0 Å². The molecule has 8 heteroatoms. The Bertz CT molecular complexity index is 833. The lowest BCUT2D eigenvalue weighted by atomic mass is 10.1. The van der Waals surface area contributed by atoms with E-state index in [2.05, 4.69) is 5.32 Å². The molecule has 2 aromatic carbocycles. The minimum atomic E-state index is -3.66. The fraction of sp³-hybridized carbons (Fsp3) is 0.294. The highest BCUT2D eigenvalue weighted by atomic mass is 35.5. The molecular weight excluding hydrogens is 383 g/mol. The normalized spacial score (nSPS) is 18.6. The average Bonchev–Trinajstić information content (AvgIpc) is 2.61. The molecular formula is C17H20ClFN2O2S2. The van der Waals surface area contributed by atoms with Crippen LogP contribution in [0.25, 0.3) is 0 Å². The molecule has 136 valence electrons. The molecule has 1 aliphatic heterocycles. The minimum Gasteiger partial charge on any atom is -0.313 e. The maximum atomic E-state index is 13.6. The summed E-state index contributed by atoms with van der Waals surface area (Å²) in [6, 6.07) is 12.7. The molecule has 0 spiro atoms. The lowest BCUT2D eigenvalue weighted by Gasteiger charge is -2.35. The summed E-state index contributed by atoms with van der Waals surface area (Å²) in [5.74, 6) is -0.361. The van der Waals surface area contributed by atoms with Gasteiger partial charge in [0.05, 0.1) is 10.9 Å². The number of rotatable bonds is 4. The highest BCUT2D eigenvalue weighted by Gasteiger charge is 2.35. The monoisotopic (exact) mass is 402 g/mol. The Balaban J connectivity index is 0.00000225. The van der Waals surface area contributed by atoms with Crippen molar-refractivity contribution in [2.75, 3.05) is 25.9 Å². The second kappa shape index (κ2) is 8.51. The van der Waals surface area contributed by atoms with Gasteiger partial charge in [-0.25, -0.2) is 12.8 Å². The van der Waals surface area contributed by atoms with Gasteiger partial charge in [0, 0.05) is 24.5 Å². The second-order valence-electron chi connectivity index (χ2n) is 5.54. The fourth-order valence-electron chi connectivity index (χ4n) is 2.93. The Morgan fingerprint density at radius 2 is 1.96 bits per heavy atom. The van der Waals surface area contributed by atoms with Crippen LogP contribution in [0.4, 0.5) is 4.39 Å². The maximum absolute atomic E-state index is 13.6. The van der Waals surface area contributed by atoms with E-state index in [4.69, 9.17) is 0 Å². The van der Waals surface area contributed by atoms with Gasteiger partial charge in [0.1, 0.15) is 5.82 Å².